The molecule has 0 aliphatic carbocycles. The number of nitrogens with zero attached hydrogens (tertiary/aromatic N) is 4. The quantitative estimate of drug-likeness (QED) is 0.872. The molecule has 0 radical (unpaired) electrons. The number of hydrogen-bond acceptors (Lipinski definition) is 4. The standard InChI is InChI=1S/C17H24N4S/c1-20-8-4-14(12-20)21-16(11-13-5-9-22-10-6-13)19-15-3-2-7-18-17(15)21/h2-3,7,13-14H,4-6,8-12H2,1H3. The zero-order valence-corrected chi connectivity index (χ0v) is 14.1. The summed E-state index contributed by atoms with van der Waals surface area (Å²) in [5.74, 6) is 4.70. The van der Waals surface area contributed by atoms with Crippen molar-refractivity contribution in [1.29, 1.82) is 0 Å². The maximum Gasteiger partial charge on any atom is 0.160 e. The first kappa shape index (κ1) is 14.5. The van der Waals surface area contributed by atoms with Gasteiger partial charge in [-0.05, 0) is 62.4 Å². The molecule has 0 amide bonds. The van der Waals surface area contributed by atoms with Crippen molar-refractivity contribution in [1.82, 2.24) is 19.4 Å². The molecular formula is C17H24N4S. The lowest BCUT2D eigenvalue weighted by molar-refractivity contribution is 0.386. The molecule has 5 heteroatoms. The van der Waals surface area contributed by atoms with E-state index in [4.69, 9.17) is 4.98 Å². The minimum absolute atomic E-state index is 0.540. The molecule has 2 aromatic rings. The Morgan fingerprint density at radius 3 is 2.91 bits per heavy atom. The van der Waals surface area contributed by atoms with Gasteiger partial charge in [0.15, 0.2) is 5.65 Å². The van der Waals surface area contributed by atoms with Crippen molar-refractivity contribution in [3.8, 4) is 0 Å². The van der Waals surface area contributed by atoms with Crippen molar-refractivity contribution in [3.63, 3.8) is 0 Å². The molecule has 4 nitrogen and oxygen atoms in total. The Hall–Kier alpha value is -1.07. The second-order valence-electron chi connectivity index (χ2n) is 6.71. The number of thioether (sulfide) groups is 1. The predicted octanol–water partition coefficient (Wildman–Crippen LogP) is 2.99. The number of hydrogen-bond donors (Lipinski definition) is 0. The average molecular weight is 316 g/mol. The molecule has 2 saturated heterocycles. The second-order valence-corrected chi connectivity index (χ2v) is 7.93. The van der Waals surface area contributed by atoms with E-state index in [9.17, 15) is 0 Å². The number of pyridine rings is 1. The van der Waals surface area contributed by atoms with E-state index in [0.717, 1.165) is 30.0 Å². The lowest BCUT2D eigenvalue weighted by Crippen LogP contribution is -2.20. The summed E-state index contributed by atoms with van der Waals surface area (Å²) >= 11 is 2.10. The van der Waals surface area contributed by atoms with Crippen LogP contribution in [0.15, 0.2) is 18.3 Å². The molecule has 1 atom stereocenters. The molecule has 0 aromatic carbocycles. The van der Waals surface area contributed by atoms with E-state index in [0.29, 0.717) is 6.04 Å². The van der Waals surface area contributed by atoms with Crippen LogP contribution in [0.5, 0.6) is 0 Å². The molecule has 22 heavy (non-hydrogen) atoms. The van der Waals surface area contributed by atoms with Crippen LogP contribution in [0, 0.1) is 5.92 Å². The highest BCUT2D eigenvalue weighted by Crippen LogP contribution is 2.30. The highest BCUT2D eigenvalue weighted by atomic mass is 32.2. The third-order valence-electron chi connectivity index (χ3n) is 5.07. The van der Waals surface area contributed by atoms with Gasteiger partial charge in [-0.2, -0.15) is 11.8 Å². The third kappa shape index (κ3) is 2.76. The molecule has 1 unspecified atom stereocenters. The lowest BCUT2D eigenvalue weighted by atomic mass is 9.98. The van der Waals surface area contributed by atoms with Gasteiger partial charge in [0.05, 0.1) is 6.04 Å². The van der Waals surface area contributed by atoms with Gasteiger partial charge in [0.2, 0.25) is 0 Å². The van der Waals surface area contributed by atoms with Gasteiger partial charge in [-0.3, -0.25) is 0 Å². The van der Waals surface area contributed by atoms with Crippen LogP contribution >= 0.6 is 11.8 Å². The summed E-state index contributed by atoms with van der Waals surface area (Å²) in [7, 11) is 2.21. The van der Waals surface area contributed by atoms with E-state index in [1.54, 1.807) is 0 Å². The van der Waals surface area contributed by atoms with Crippen molar-refractivity contribution < 1.29 is 0 Å². The fraction of sp³-hybridized carbons (Fsp3) is 0.647. The molecule has 2 aromatic heterocycles. The van der Waals surface area contributed by atoms with Crippen LogP contribution in [0.3, 0.4) is 0 Å². The first-order valence-electron chi connectivity index (χ1n) is 8.39. The maximum absolute atomic E-state index is 4.95. The topological polar surface area (TPSA) is 34.0 Å². The third-order valence-corrected chi connectivity index (χ3v) is 6.11. The molecule has 2 aliphatic rings. The number of imidazole rings is 1. The van der Waals surface area contributed by atoms with Crippen LogP contribution in [0.1, 0.15) is 31.1 Å². The number of fused-ring (bicyclic) bond motifs is 1. The number of likely N-dealkylation sites (N-methyl/N-ethyl adjacent to an activating group) is 1. The van der Waals surface area contributed by atoms with Gasteiger partial charge in [0, 0.05) is 19.2 Å². The van der Waals surface area contributed by atoms with Crippen molar-refractivity contribution >= 4 is 22.9 Å². The summed E-state index contributed by atoms with van der Waals surface area (Å²) in [6.07, 6.45) is 6.92. The van der Waals surface area contributed by atoms with Crippen LogP contribution in [-0.4, -0.2) is 51.1 Å². The van der Waals surface area contributed by atoms with E-state index in [1.165, 1.54) is 43.1 Å². The second kappa shape index (κ2) is 6.20. The first-order valence-corrected chi connectivity index (χ1v) is 9.55. The summed E-state index contributed by atoms with van der Waals surface area (Å²) in [5.41, 5.74) is 2.15. The fourth-order valence-corrected chi connectivity index (χ4v) is 5.04. The van der Waals surface area contributed by atoms with E-state index in [1.807, 2.05) is 12.3 Å². The highest BCUT2D eigenvalue weighted by Gasteiger charge is 2.27. The first-order chi connectivity index (χ1) is 10.8. The lowest BCUT2D eigenvalue weighted by Gasteiger charge is -2.23. The predicted molar refractivity (Wildman–Crippen MR) is 92.4 cm³/mol. The summed E-state index contributed by atoms with van der Waals surface area (Å²) in [6.45, 7) is 2.30. The van der Waals surface area contributed by atoms with Gasteiger partial charge in [0.25, 0.3) is 0 Å². The minimum atomic E-state index is 0.540. The summed E-state index contributed by atoms with van der Waals surface area (Å²) in [4.78, 5) is 12.0. The van der Waals surface area contributed by atoms with Crippen molar-refractivity contribution in [2.75, 3.05) is 31.6 Å². The van der Waals surface area contributed by atoms with Crippen LogP contribution in [-0.2, 0) is 6.42 Å². The van der Waals surface area contributed by atoms with Crippen LogP contribution in [0.2, 0.25) is 0 Å². The SMILES string of the molecule is CN1CCC(n2c(CC3CCSCC3)nc3cccnc32)C1. The largest absolute Gasteiger partial charge is 0.308 e. The van der Waals surface area contributed by atoms with Crippen molar-refractivity contribution in [3.05, 3.63) is 24.2 Å². The highest BCUT2D eigenvalue weighted by molar-refractivity contribution is 7.99. The van der Waals surface area contributed by atoms with Gasteiger partial charge >= 0.3 is 0 Å². The fourth-order valence-electron chi connectivity index (χ4n) is 3.84. The Kier molecular flexibility index (Phi) is 4.09. The molecule has 2 fully saturated rings. The molecule has 0 spiro atoms. The smallest absolute Gasteiger partial charge is 0.160 e. The van der Waals surface area contributed by atoms with Gasteiger partial charge in [-0.15, -0.1) is 0 Å². The van der Waals surface area contributed by atoms with Gasteiger partial charge < -0.3 is 9.47 Å². The molecule has 118 valence electrons. The molecule has 4 heterocycles. The summed E-state index contributed by atoms with van der Waals surface area (Å²) in [6, 6.07) is 4.65. The monoisotopic (exact) mass is 316 g/mol. The van der Waals surface area contributed by atoms with Crippen LogP contribution in [0.4, 0.5) is 0 Å². The van der Waals surface area contributed by atoms with E-state index >= 15 is 0 Å². The molecule has 2 aliphatic heterocycles. The molecule has 0 bridgehead atoms. The van der Waals surface area contributed by atoms with E-state index in [2.05, 4.69) is 39.3 Å². The van der Waals surface area contributed by atoms with Gasteiger partial charge in [-0.1, -0.05) is 0 Å². The normalized spacial score (nSPS) is 24.3. The molecular weight excluding hydrogens is 292 g/mol. The van der Waals surface area contributed by atoms with Crippen molar-refractivity contribution in [2.24, 2.45) is 5.92 Å². The zero-order chi connectivity index (χ0) is 14.9. The van der Waals surface area contributed by atoms with Gasteiger partial charge in [-0.25, -0.2) is 9.97 Å². The van der Waals surface area contributed by atoms with Crippen molar-refractivity contribution in [2.45, 2.75) is 31.7 Å². The zero-order valence-electron chi connectivity index (χ0n) is 13.2. The summed E-state index contributed by atoms with van der Waals surface area (Å²) in [5, 5.41) is 0. The van der Waals surface area contributed by atoms with E-state index < -0.39 is 0 Å². The molecule has 0 N–H and O–H groups in total. The Morgan fingerprint density at radius 1 is 1.27 bits per heavy atom. The van der Waals surface area contributed by atoms with Crippen LogP contribution < -0.4 is 0 Å². The Morgan fingerprint density at radius 2 is 2.14 bits per heavy atom. The Labute approximate surface area is 136 Å². The number of likely N-dealkylation sites (tertiary alicyclic amines) is 1. The molecule has 0 saturated carbocycles. The number of rotatable bonds is 3. The number of aromatic nitrogens is 3. The Bertz CT molecular complexity index is 647. The Balaban J connectivity index is 1.69. The summed E-state index contributed by atoms with van der Waals surface area (Å²) < 4.78 is 2.46. The average Bonchev–Trinajstić information content (AvgIpc) is 3.11. The van der Waals surface area contributed by atoms with Gasteiger partial charge in [0.1, 0.15) is 11.3 Å². The maximum atomic E-state index is 4.95. The minimum Gasteiger partial charge on any atom is -0.308 e. The van der Waals surface area contributed by atoms with Crippen LogP contribution in [0.25, 0.3) is 11.2 Å². The van der Waals surface area contributed by atoms with E-state index in [-0.39, 0.29) is 0 Å². The molecule has 4 rings (SSSR count).